The number of halogens is 2. The summed E-state index contributed by atoms with van der Waals surface area (Å²) in [6.45, 7) is 2.49. The molecule has 92 valence electrons. The Morgan fingerprint density at radius 1 is 1.50 bits per heavy atom. The van der Waals surface area contributed by atoms with Gasteiger partial charge in [-0.25, -0.2) is 8.78 Å². The molecule has 0 aromatic carbocycles. The van der Waals surface area contributed by atoms with Crippen molar-refractivity contribution >= 4 is 5.91 Å². The lowest BCUT2D eigenvalue weighted by atomic mass is 9.80. The van der Waals surface area contributed by atoms with Crippen LogP contribution in [0.3, 0.4) is 0 Å². The molecule has 1 aliphatic carbocycles. The van der Waals surface area contributed by atoms with Gasteiger partial charge in [-0.1, -0.05) is 6.92 Å². The Morgan fingerprint density at radius 3 is 2.62 bits per heavy atom. The van der Waals surface area contributed by atoms with E-state index in [0.717, 1.165) is 6.42 Å². The van der Waals surface area contributed by atoms with Gasteiger partial charge in [0.05, 0.1) is 12.6 Å². The summed E-state index contributed by atoms with van der Waals surface area (Å²) in [6, 6.07) is -0.179. The number of alkyl halides is 2. The minimum absolute atomic E-state index is 0.0734. The van der Waals surface area contributed by atoms with Crippen LogP contribution in [0.4, 0.5) is 8.78 Å². The monoisotopic (exact) mass is 233 g/mol. The zero-order valence-corrected chi connectivity index (χ0v) is 9.33. The van der Waals surface area contributed by atoms with Crippen molar-refractivity contribution in [3.63, 3.8) is 0 Å². The van der Waals surface area contributed by atoms with E-state index in [0.29, 0.717) is 6.54 Å². The van der Waals surface area contributed by atoms with Crippen LogP contribution in [0, 0.1) is 11.8 Å². The molecule has 5 heteroatoms. The van der Waals surface area contributed by atoms with Crippen molar-refractivity contribution in [2.24, 2.45) is 11.8 Å². The van der Waals surface area contributed by atoms with Crippen LogP contribution >= 0.6 is 0 Å². The van der Waals surface area contributed by atoms with Crippen molar-refractivity contribution in [3.8, 4) is 0 Å². The third-order valence-electron chi connectivity index (χ3n) is 3.79. The Bertz CT molecular complexity index is 288. The summed E-state index contributed by atoms with van der Waals surface area (Å²) in [7, 11) is 0. The maximum absolute atomic E-state index is 12.7. The highest BCUT2D eigenvalue weighted by Gasteiger charge is 2.51. The molecule has 0 aromatic rings. The molecule has 0 bridgehead atoms. The minimum atomic E-state index is -2.65. The highest BCUT2D eigenvalue weighted by atomic mass is 19.3. The van der Waals surface area contributed by atoms with Gasteiger partial charge in [0.15, 0.2) is 0 Å². The lowest BCUT2D eigenvalue weighted by Crippen LogP contribution is -2.49. The van der Waals surface area contributed by atoms with Crippen molar-refractivity contribution in [1.29, 1.82) is 0 Å². The van der Waals surface area contributed by atoms with Crippen LogP contribution < -0.4 is 0 Å². The summed E-state index contributed by atoms with van der Waals surface area (Å²) in [5, 5.41) is 9.19. The molecule has 1 saturated heterocycles. The lowest BCUT2D eigenvalue weighted by Gasteiger charge is -2.37. The van der Waals surface area contributed by atoms with Gasteiger partial charge in [-0.2, -0.15) is 0 Å². The number of rotatable bonds is 2. The van der Waals surface area contributed by atoms with Gasteiger partial charge in [0.25, 0.3) is 0 Å². The Kier molecular flexibility index (Phi) is 2.90. The summed E-state index contributed by atoms with van der Waals surface area (Å²) in [5.74, 6) is -3.13. The molecular formula is C11H17F2NO2. The van der Waals surface area contributed by atoms with Gasteiger partial charge in [0, 0.05) is 25.3 Å². The maximum Gasteiger partial charge on any atom is 0.249 e. The number of amides is 1. The zero-order valence-electron chi connectivity index (χ0n) is 9.33. The molecule has 2 unspecified atom stereocenters. The second-order valence-electron chi connectivity index (χ2n) is 5.01. The average molecular weight is 233 g/mol. The van der Waals surface area contributed by atoms with E-state index in [1.54, 1.807) is 4.90 Å². The summed E-state index contributed by atoms with van der Waals surface area (Å²) in [6.07, 6.45) is 0.198. The Labute approximate surface area is 93.4 Å². The third-order valence-corrected chi connectivity index (χ3v) is 3.79. The maximum atomic E-state index is 12.7. The van der Waals surface area contributed by atoms with Crippen LogP contribution in [-0.4, -0.2) is 41.0 Å². The summed E-state index contributed by atoms with van der Waals surface area (Å²) >= 11 is 0. The van der Waals surface area contributed by atoms with Crippen molar-refractivity contribution < 1.29 is 18.7 Å². The molecule has 16 heavy (non-hydrogen) atoms. The molecule has 0 radical (unpaired) electrons. The Morgan fingerprint density at radius 2 is 2.12 bits per heavy atom. The van der Waals surface area contributed by atoms with E-state index in [1.165, 1.54) is 0 Å². The first kappa shape index (κ1) is 11.8. The number of aliphatic hydroxyl groups is 1. The summed E-state index contributed by atoms with van der Waals surface area (Å²) in [4.78, 5) is 13.5. The van der Waals surface area contributed by atoms with E-state index in [-0.39, 0.29) is 37.3 Å². The third kappa shape index (κ3) is 1.93. The summed E-state index contributed by atoms with van der Waals surface area (Å²) in [5.41, 5.74) is 0. The number of likely N-dealkylation sites (tertiary alicyclic amines) is 1. The van der Waals surface area contributed by atoms with E-state index in [4.69, 9.17) is 0 Å². The number of hydrogen-bond acceptors (Lipinski definition) is 2. The standard InChI is InChI=1S/C11H17F2NO2/c1-7-2-3-14(9(7)6-15)10(16)8-4-11(12,13)5-8/h7-9,15H,2-6H2,1H3. The highest BCUT2D eigenvalue weighted by molar-refractivity contribution is 5.80. The van der Waals surface area contributed by atoms with Gasteiger partial charge in [-0.05, 0) is 12.3 Å². The van der Waals surface area contributed by atoms with Crippen LogP contribution in [-0.2, 0) is 4.79 Å². The second kappa shape index (κ2) is 3.95. The molecule has 1 amide bonds. The van der Waals surface area contributed by atoms with Gasteiger partial charge in [0.2, 0.25) is 11.8 Å². The van der Waals surface area contributed by atoms with Crippen molar-refractivity contribution in [2.45, 2.75) is 38.2 Å². The van der Waals surface area contributed by atoms with Gasteiger partial charge in [-0.15, -0.1) is 0 Å². The van der Waals surface area contributed by atoms with Crippen LogP contribution in [0.1, 0.15) is 26.2 Å². The summed E-state index contributed by atoms with van der Waals surface area (Å²) < 4.78 is 25.3. The number of aliphatic hydroxyl groups excluding tert-OH is 1. The fourth-order valence-corrected chi connectivity index (χ4v) is 2.63. The second-order valence-corrected chi connectivity index (χ2v) is 5.01. The molecular weight excluding hydrogens is 216 g/mol. The Balaban J connectivity index is 1.95. The van der Waals surface area contributed by atoms with Crippen molar-refractivity contribution in [1.82, 2.24) is 4.90 Å². The smallest absolute Gasteiger partial charge is 0.249 e. The van der Waals surface area contributed by atoms with Gasteiger partial charge in [0.1, 0.15) is 0 Å². The van der Waals surface area contributed by atoms with Crippen molar-refractivity contribution in [2.75, 3.05) is 13.2 Å². The molecule has 0 aromatic heterocycles. The molecule has 2 atom stereocenters. The van der Waals surface area contributed by atoms with E-state index < -0.39 is 11.8 Å². The highest BCUT2D eigenvalue weighted by Crippen LogP contribution is 2.44. The van der Waals surface area contributed by atoms with Gasteiger partial charge >= 0.3 is 0 Å². The quantitative estimate of drug-likeness (QED) is 0.780. The van der Waals surface area contributed by atoms with Gasteiger partial charge < -0.3 is 10.0 Å². The van der Waals surface area contributed by atoms with E-state index in [9.17, 15) is 18.7 Å². The van der Waals surface area contributed by atoms with Crippen LogP contribution in [0.15, 0.2) is 0 Å². The first-order valence-electron chi connectivity index (χ1n) is 5.74. The average Bonchev–Trinajstić information content (AvgIpc) is 2.54. The van der Waals surface area contributed by atoms with Crippen LogP contribution in [0.5, 0.6) is 0 Å². The van der Waals surface area contributed by atoms with Crippen molar-refractivity contribution in [3.05, 3.63) is 0 Å². The lowest BCUT2D eigenvalue weighted by molar-refractivity contribution is -0.161. The topological polar surface area (TPSA) is 40.5 Å². The SMILES string of the molecule is CC1CCN(C(=O)C2CC(F)(F)C2)C1CO. The zero-order chi connectivity index (χ0) is 11.9. The molecule has 1 aliphatic heterocycles. The predicted octanol–water partition coefficient (Wildman–Crippen LogP) is 1.26. The fraction of sp³-hybridized carbons (Fsp3) is 0.909. The normalized spacial score (nSPS) is 33.9. The molecule has 2 rings (SSSR count). The predicted molar refractivity (Wildman–Crippen MR) is 54.0 cm³/mol. The number of carbonyl (C=O) groups is 1. The van der Waals surface area contributed by atoms with E-state index in [1.807, 2.05) is 6.92 Å². The fourth-order valence-electron chi connectivity index (χ4n) is 2.63. The number of hydrogen-bond donors (Lipinski definition) is 1. The van der Waals surface area contributed by atoms with E-state index >= 15 is 0 Å². The molecule has 1 saturated carbocycles. The van der Waals surface area contributed by atoms with Crippen LogP contribution in [0.2, 0.25) is 0 Å². The molecule has 2 aliphatic rings. The molecule has 3 nitrogen and oxygen atoms in total. The van der Waals surface area contributed by atoms with Crippen LogP contribution in [0.25, 0.3) is 0 Å². The molecule has 1 heterocycles. The largest absolute Gasteiger partial charge is 0.394 e. The van der Waals surface area contributed by atoms with E-state index in [2.05, 4.69) is 0 Å². The molecule has 1 N–H and O–H groups in total. The minimum Gasteiger partial charge on any atom is -0.394 e. The van der Waals surface area contributed by atoms with Gasteiger partial charge in [-0.3, -0.25) is 4.79 Å². The first-order valence-corrected chi connectivity index (χ1v) is 5.74. The molecule has 0 spiro atoms. The number of nitrogens with zero attached hydrogens (tertiary/aromatic N) is 1. The number of carbonyl (C=O) groups excluding carboxylic acids is 1. The Hall–Kier alpha value is -0.710. The first-order chi connectivity index (χ1) is 7.44. The molecule has 2 fully saturated rings.